The minimum absolute atomic E-state index is 0.132. The number of aromatic nitrogens is 2. The summed E-state index contributed by atoms with van der Waals surface area (Å²) in [5.41, 5.74) is 2.08. The van der Waals surface area contributed by atoms with Crippen LogP contribution in [0.5, 0.6) is 11.5 Å². The van der Waals surface area contributed by atoms with Gasteiger partial charge in [0.2, 0.25) is 0 Å². The van der Waals surface area contributed by atoms with Crippen LogP contribution in [0.2, 0.25) is 0 Å². The molecule has 0 unspecified atom stereocenters. The monoisotopic (exact) mass is 389 g/mol. The Hall–Kier alpha value is -3.16. The number of para-hydroxylation sites is 2. The van der Waals surface area contributed by atoms with Crippen LogP contribution in [0.4, 0.5) is 8.78 Å². The summed E-state index contributed by atoms with van der Waals surface area (Å²) in [4.78, 5) is 18.9. The van der Waals surface area contributed by atoms with Crippen LogP contribution < -0.4 is 9.47 Å². The largest absolute Gasteiger partial charge is 0.493 e. The number of hydrogen-bond donors (Lipinski definition) is 0. The Kier molecular flexibility index (Phi) is 5.77. The van der Waals surface area contributed by atoms with Gasteiger partial charge in [0.1, 0.15) is 5.82 Å². The van der Waals surface area contributed by atoms with Crippen molar-refractivity contribution in [2.45, 2.75) is 26.6 Å². The summed E-state index contributed by atoms with van der Waals surface area (Å²) in [6, 6.07) is 12.0. The number of carbonyl (C=O) groups is 1. The van der Waals surface area contributed by atoms with E-state index in [1.807, 2.05) is 35.8 Å². The quantitative estimate of drug-likeness (QED) is 0.614. The number of carbonyl (C=O) groups excluding carboxylic acids is 1. The third kappa shape index (κ3) is 3.90. The number of amides is 1. The van der Waals surface area contributed by atoms with Crippen LogP contribution in [0, 0.1) is 0 Å². The number of benzene rings is 2. The van der Waals surface area contributed by atoms with Crippen LogP contribution in [-0.4, -0.2) is 41.1 Å². The molecule has 3 aromatic rings. The molecule has 0 aliphatic carbocycles. The first-order valence-electron chi connectivity index (χ1n) is 8.77. The van der Waals surface area contributed by atoms with Gasteiger partial charge < -0.3 is 18.9 Å². The van der Waals surface area contributed by atoms with Crippen molar-refractivity contribution in [1.82, 2.24) is 14.5 Å². The molecule has 0 spiro atoms. The number of hydrogen-bond acceptors (Lipinski definition) is 4. The van der Waals surface area contributed by atoms with Crippen molar-refractivity contribution in [2.75, 3.05) is 14.2 Å². The fourth-order valence-corrected chi connectivity index (χ4v) is 3.10. The summed E-state index contributed by atoms with van der Waals surface area (Å²) in [6.07, 6.45) is 0. The van der Waals surface area contributed by atoms with Crippen LogP contribution >= 0.6 is 0 Å². The standard InChI is InChI=1S/C20H21F2N3O3/c1-4-25-15-8-6-5-7-14(15)23-18(25)12-24(2)19(26)13-9-10-16(27-3)17(11-13)28-20(21)22/h5-11,20H,4,12H2,1-3H3. The third-order valence-electron chi connectivity index (χ3n) is 4.40. The SMILES string of the molecule is CCn1c(CN(C)C(=O)c2ccc(OC)c(OC(F)F)c2)nc2ccccc21. The molecule has 148 valence electrons. The highest BCUT2D eigenvalue weighted by Gasteiger charge is 2.19. The summed E-state index contributed by atoms with van der Waals surface area (Å²) in [7, 11) is 2.98. The third-order valence-corrected chi connectivity index (χ3v) is 4.40. The lowest BCUT2D eigenvalue weighted by Crippen LogP contribution is -2.27. The van der Waals surface area contributed by atoms with E-state index in [9.17, 15) is 13.6 Å². The second-order valence-corrected chi connectivity index (χ2v) is 6.17. The average Bonchev–Trinajstić information content (AvgIpc) is 3.03. The molecule has 0 radical (unpaired) electrons. The van der Waals surface area contributed by atoms with Crippen molar-refractivity contribution in [3.8, 4) is 11.5 Å². The summed E-state index contributed by atoms with van der Waals surface area (Å²) in [5.74, 6) is 0.360. The first-order valence-corrected chi connectivity index (χ1v) is 8.77. The highest BCUT2D eigenvalue weighted by Crippen LogP contribution is 2.30. The molecular weight excluding hydrogens is 368 g/mol. The molecule has 0 atom stereocenters. The Morgan fingerprint density at radius 3 is 2.64 bits per heavy atom. The van der Waals surface area contributed by atoms with E-state index in [0.29, 0.717) is 6.54 Å². The normalized spacial score (nSPS) is 11.1. The Bertz CT molecular complexity index is 988. The maximum atomic E-state index is 12.8. The summed E-state index contributed by atoms with van der Waals surface area (Å²) in [5, 5.41) is 0. The van der Waals surface area contributed by atoms with Crippen LogP contribution in [0.1, 0.15) is 23.1 Å². The number of alkyl halides is 2. The highest BCUT2D eigenvalue weighted by molar-refractivity contribution is 5.94. The second-order valence-electron chi connectivity index (χ2n) is 6.17. The van der Waals surface area contributed by atoms with Crippen molar-refractivity contribution in [3.63, 3.8) is 0 Å². The number of methoxy groups -OCH3 is 1. The van der Waals surface area contributed by atoms with Crippen molar-refractivity contribution in [2.24, 2.45) is 0 Å². The van der Waals surface area contributed by atoms with E-state index in [4.69, 9.17) is 4.74 Å². The molecule has 1 amide bonds. The molecule has 0 saturated carbocycles. The van der Waals surface area contributed by atoms with Gasteiger partial charge in [0.15, 0.2) is 11.5 Å². The van der Waals surface area contributed by atoms with E-state index in [-0.39, 0.29) is 29.5 Å². The molecule has 0 N–H and O–H groups in total. The molecule has 8 heteroatoms. The van der Waals surface area contributed by atoms with Crippen LogP contribution in [0.25, 0.3) is 11.0 Å². The lowest BCUT2D eigenvalue weighted by Gasteiger charge is -2.18. The van der Waals surface area contributed by atoms with Crippen molar-refractivity contribution in [1.29, 1.82) is 0 Å². The Balaban J connectivity index is 1.85. The predicted octanol–water partition coefficient (Wildman–Crippen LogP) is 3.94. The maximum Gasteiger partial charge on any atom is 0.387 e. The van der Waals surface area contributed by atoms with Gasteiger partial charge in [0.25, 0.3) is 5.91 Å². The minimum Gasteiger partial charge on any atom is -0.493 e. The van der Waals surface area contributed by atoms with Gasteiger partial charge in [0, 0.05) is 19.2 Å². The molecule has 0 saturated heterocycles. The smallest absolute Gasteiger partial charge is 0.387 e. The Morgan fingerprint density at radius 2 is 1.96 bits per heavy atom. The van der Waals surface area contributed by atoms with Crippen molar-refractivity contribution < 1.29 is 23.0 Å². The molecule has 1 aromatic heterocycles. The van der Waals surface area contributed by atoms with Crippen molar-refractivity contribution >= 4 is 16.9 Å². The zero-order valence-electron chi connectivity index (χ0n) is 15.9. The molecule has 0 aliphatic rings. The molecule has 6 nitrogen and oxygen atoms in total. The molecule has 0 bridgehead atoms. The van der Waals surface area contributed by atoms with E-state index in [2.05, 4.69) is 9.72 Å². The lowest BCUT2D eigenvalue weighted by atomic mass is 10.1. The zero-order valence-corrected chi connectivity index (χ0v) is 15.9. The van der Waals surface area contributed by atoms with Gasteiger partial charge >= 0.3 is 6.61 Å². The molecule has 0 fully saturated rings. The molecule has 0 aliphatic heterocycles. The average molecular weight is 389 g/mol. The topological polar surface area (TPSA) is 56.6 Å². The van der Waals surface area contributed by atoms with E-state index in [1.54, 1.807) is 7.05 Å². The second kappa shape index (κ2) is 8.24. The van der Waals surface area contributed by atoms with E-state index in [0.717, 1.165) is 16.9 Å². The fourth-order valence-electron chi connectivity index (χ4n) is 3.10. The lowest BCUT2D eigenvalue weighted by molar-refractivity contribution is -0.0512. The number of imidazole rings is 1. The van der Waals surface area contributed by atoms with Gasteiger partial charge in [-0.1, -0.05) is 12.1 Å². The minimum atomic E-state index is -3.01. The van der Waals surface area contributed by atoms with Gasteiger partial charge in [0.05, 0.1) is 24.7 Å². The fraction of sp³-hybridized carbons (Fsp3) is 0.300. The van der Waals surface area contributed by atoms with Crippen LogP contribution in [0.3, 0.4) is 0 Å². The van der Waals surface area contributed by atoms with Gasteiger partial charge in [-0.05, 0) is 37.3 Å². The van der Waals surface area contributed by atoms with Gasteiger partial charge in [-0.15, -0.1) is 0 Å². The van der Waals surface area contributed by atoms with Crippen LogP contribution in [-0.2, 0) is 13.1 Å². The number of ether oxygens (including phenoxy) is 2. The number of rotatable bonds is 7. The van der Waals surface area contributed by atoms with Gasteiger partial charge in [-0.2, -0.15) is 8.78 Å². The number of halogens is 2. The van der Waals surface area contributed by atoms with E-state index in [1.165, 1.54) is 30.2 Å². The highest BCUT2D eigenvalue weighted by atomic mass is 19.3. The zero-order chi connectivity index (χ0) is 20.3. The molecule has 3 rings (SSSR count). The molecule has 28 heavy (non-hydrogen) atoms. The predicted molar refractivity (Wildman–Crippen MR) is 101 cm³/mol. The van der Waals surface area contributed by atoms with E-state index >= 15 is 0 Å². The summed E-state index contributed by atoms with van der Waals surface area (Å²) >= 11 is 0. The number of nitrogens with zero attached hydrogens (tertiary/aromatic N) is 3. The summed E-state index contributed by atoms with van der Waals surface area (Å²) in [6.45, 7) is -0.0105. The number of fused-ring (bicyclic) bond motifs is 1. The van der Waals surface area contributed by atoms with Gasteiger partial charge in [-0.3, -0.25) is 4.79 Å². The van der Waals surface area contributed by atoms with Gasteiger partial charge in [-0.25, -0.2) is 4.98 Å². The maximum absolute atomic E-state index is 12.8. The molecular formula is C20H21F2N3O3. The van der Waals surface area contributed by atoms with Crippen LogP contribution in [0.15, 0.2) is 42.5 Å². The van der Waals surface area contributed by atoms with E-state index < -0.39 is 6.61 Å². The number of aryl methyl sites for hydroxylation is 1. The van der Waals surface area contributed by atoms with Crippen molar-refractivity contribution in [3.05, 3.63) is 53.9 Å². The first kappa shape index (κ1) is 19.6. The Labute approximate surface area is 161 Å². The Morgan fingerprint density at radius 1 is 1.21 bits per heavy atom. The summed E-state index contributed by atoms with van der Waals surface area (Å²) < 4.78 is 36.7. The molecule has 1 heterocycles. The molecule has 2 aromatic carbocycles. The first-order chi connectivity index (χ1) is 13.4.